The normalized spacial score (nSPS) is 23.2. The van der Waals surface area contributed by atoms with E-state index >= 15 is 0 Å². The molecule has 0 bridgehead atoms. The number of hydrogen-bond acceptors (Lipinski definition) is 8. The van der Waals surface area contributed by atoms with Crippen molar-refractivity contribution in [2.45, 2.75) is 31.9 Å². The topological polar surface area (TPSA) is 141 Å². The minimum absolute atomic E-state index is 0.00356. The van der Waals surface area contributed by atoms with Crippen LogP contribution in [-0.2, 0) is 11.8 Å². The molecule has 3 aromatic rings. The number of anilines is 2. The summed E-state index contributed by atoms with van der Waals surface area (Å²) in [4.78, 5) is 24.1. The first-order chi connectivity index (χ1) is 14.8. The van der Waals surface area contributed by atoms with Gasteiger partial charge in [0.05, 0.1) is 23.4 Å². The fraction of sp³-hybridized carbons (Fsp3) is 0.500. The van der Waals surface area contributed by atoms with E-state index in [1.54, 1.807) is 17.7 Å². The molecule has 2 aliphatic rings. The molecule has 1 spiro atoms. The van der Waals surface area contributed by atoms with Crippen molar-refractivity contribution in [2.24, 2.45) is 18.2 Å². The van der Waals surface area contributed by atoms with Gasteiger partial charge in [-0.25, -0.2) is 4.98 Å². The molecule has 5 rings (SSSR count). The standard InChI is InChI=1S/C20H25ClN8O2/c1-10-15(22)20(9-31-10)4-7-29(8-5-20)19-25-17-12(18(30)28(19)2)14(26-27-17)11-3-6-24-16(23)13(11)21/h3,6,10,15H,4-5,7-9,22H2,1-2H3,(H2,23,24)(H,26,27)/t10-,15+/m0/s1. The molecule has 3 aromatic heterocycles. The van der Waals surface area contributed by atoms with Crippen LogP contribution in [0.25, 0.3) is 22.3 Å². The van der Waals surface area contributed by atoms with E-state index < -0.39 is 0 Å². The third-order valence-electron chi connectivity index (χ3n) is 6.85. The number of nitrogen functional groups attached to an aromatic ring is 1. The number of H-pyrrole nitrogens is 1. The summed E-state index contributed by atoms with van der Waals surface area (Å²) in [6, 6.07) is 1.72. The number of halogens is 1. The molecule has 0 radical (unpaired) electrons. The van der Waals surface area contributed by atoms with Gasteiger partial charge in [0, 0.05) is 43.4 Å². The smallest absolute Gasteiger partial charge is 0.266 e. The van der Waals surface area contributed by atoms with Crippen LogP contribution in [0.2, 0.25) is 5.02 Å². The molecular formula is C20H25ClN8O2. The summed E-state index contributed by atoms with van der Waals surface area (Å²) >= 11 is 6.32. The number of rotatable bonds is 2. The van der Waals surface area contributed by atoms with Crippen molar-refractivity contribution in [3.8, 4) is 11.3 Å². The van der Waals surface area contributed by atoms with Gasteiger partial charge in [-0.3, -0.25) is 14.5 Å². The summed E-state index contributed by atoms with van der Waals surface area (Å²) in [6.45, 7) is 4.22. The Morgan fingerprint density at radius 2 is 2.10 bits per heavy atom. The Morgan fingerprint density at radius 1 is 1.35 bits per heavy atom. The Kier molecular flexibility index (Phi) is 4.68. The van der Waals surface area contributed by atoms with Crippen molar-refractivity contribution in [2.75, 3.05) is 30.3 Å². The number of hydrogen-bond donors (Lipinski definition) is 3. The summed E-state index contributed by atoms with van der Waals surface area (Å²) in [5.41, 5.74) is 13.4. The minimum Gasteiger partial charge on any atom is -0.382 e. The van der Waals surface area contributed by atoms with Gasteiger partial charge in [0.15, 0.2) is 5.65 Å². The average molecular weight is 445 g/mol. The molecule has 2 aliphatic heterocycles. The lowest BCUT2D eigenvalue weighted by atomic mass is 9.73. The summed E-state index contributed by atoms with van der Waals surface area (Å²) < 4.78 is 7.37. The number of pyridine rings is 1. The summed E-state index contributed by atoms with van der Waals surface area (Å²) in [6.07, 6.45) is 3.40. The summed E-state index contributed by atoms with van der Waals surface area (Å²) in [7, 11) is 1.72. The highest BCUT2D eigenvalue weighted by Gasteiger charge is 2.47. The summed E-state index contributed by atoms with van der Waals surface area (Å²) in [5.74, 6) is 0.778. The van der Waals surface area contributed by atoms with Gasteiger partial charge in [-0.15, -0.1) is 0 Å². The molecule has 11 heteroatoms. The van der Waals surface area contributed by atoms with Crippen LogP contribution in [0.4, 0.5) is 11.8 Å². The maximum absolute atomic E-state index is 13.3. The number of piperidine rings is 1. The van der Waals surface area contributed by atoms with Crippen molar-refractivity contribution in [3.63, 3.8) is 0 Å². The van der Waals surface area contributed by atoms with Crippen molar-refractivity contribution >= 4 is 34.4 Å². The zero-order valence-electron chi connectivity index (χ0n) is 17.4. The van der Waals surface area contributed by atoms with Crippen LogP contribution < -0.4 is 21.9 Å². The van der Waals surface area contributed by atoms with Crippen molar-refractivity contribution in [1.82, 2.24) is 24.7 Å². The largest absolute Gasteiger partial charge is 0.382 e. The molecular weight excluding hydrogens is 420 g/mol. The molecule has 2 atom stereocenters. The molecule has 0 aromatic carbocycles. The van der Waals surface area contributed by atoms with Crippen LogP contribution in [-0.4, -0.2) is 56.6 Å². The lowest BCUT2D eigenvalue weighted by Crippen LogP contribution is -2.51. The van der Waals surface area contributed by atoms with E-state index in [2.05, 4.69) is 20.1 Å². The number of nitrogens with zero attached hydrogens (tertiary/aromatic N) is 5. The van der Waals surface area contributed by atoms with Crippen molar-refractivity contribution < 1.29 is 4.74 Å². The van der Waals surface area contributed by atoms with Crippen LogP contribution in [0.5, 0.6) is 0 Å². The monoisotopic (exact) mass is 444 g/mol. The Labute approximate surface area is 183 Å². The van der Waals surface area contributed by atoms with E-state index in [1.165, 1.54) is 6.20 Å². The lowest BCUT2D eigenvalue weighted by molar-refractivity contribution is 0.0973. The highest BCUT2D eigenvalue weighted by atomic mass is 35.5. The second kappa shape index (κ2) is 7.18. The number of ether oxygens (including phenoxy) is 1. The number of aromatic amines is 1. The molecule has 10 nitrogen and oxygen atoms in total. The zero-order chi connectivity index (χ0) is 21.9. The van der Waals surface area contributed by atoms with Gasteiger partial charge in [0.1, 0.15) is 11.2 Å². The van der Waals surface area contributed by atoms with Crippen LogP contribution in [0.1, 0.15) is 19.8 Å². The first kappa shape index (κ1) is 20.2. The van der Waals surface area contributed by atoms with Crippen LogP contribution in [0, 0.1) is 5.41 Å². The van der Waals surface area contributed by atoms with Crippen molar-refractivity contribution in [3.05, 3.63) is 27.6 Å². The van der Waals surface area contributed by atoms with E-state index in [4.69, 9.17) is 32.8 Å². The summed E-state index contributed by atoms with van der Waals surface area (Å²) in [5, 5.41) is 7.82. The van der Waals surface area contributed by atoms with E-state index in [-0.39, 0.29) is 34.0 Å². The molecule has 5 N–H and O–H groups in total. The molecule has 0 amide bonds. The van der Waals surface area contributed by atoms with Gasteiger partial charge >= 0.3 is 0 Å². The Balaban J connectivity index is 1.51. The Bertz CT molecular complexity index is 1210. The van der Waals surface area contributed by atoms with Crippen LogP contribution in [0.15, 0.2) is 17.1 Å². The third kappa shape index (κ3) is 3.00. The molecule has 0 unspecified atom stereocenters. The number of nitrogens with two attached hydrogens (primary N) is 2. The van der Waals surface area contributed by atoms with Gasteiger partial charge in [-0.2, -0.15) is 10.1 Å². The predicted molar refractivity (Wildman–Crippen MR) is 119 cm³/mol. The third-order valence-corrected chi connectivity index (χ3v) is 7.24. The van der Waals surface area contributed by atoms with Gasteiger partial charge in [0.25, 0.3) is 5.56 Å². The molecule has 0 aliphatic carbocycles. The van der Waals surface area contributed by atoms with E-state index in [9.17, 15) is 4.79 Å². The van der Waals surface area contributed by atoms with Gasteiger partial charge in [-0.1, -0.05) is 11.6 Å². The highest BCUT2D eigenvalue weighted by molar-refractivity contribution is 6.35. The van der Waals surface area contributed by atoms with Crippen LogP contribution in [0.3, 0.4) is 0 Å². The average Bonchev–Trinajstić information content (AvgIpc) is 3.31. The lowest BCUT2D eigenvalue weighted by Gasteiger charge is -2.41. The molecule has 164 valence electrons. The maximum Gasteiger partial charge on any atom is 0.266 e. The Morgan fingerprint density at radius 3 is 2.77 bits per heavy atom. The van der Waals surface area contributed by atoms with Gasteiger partial charge in [-0.05, 0) is 25.8 Å². The van der Waals surface area contributed by atoms with E-state index in [0.717, 1.165) is 25.9 Å². The quantitative estimate of drug-likeness (QED) is 0.536. The van der Waals surface area contributed by atoms with Gasteiger partial charge in [0.2, 0.25) is 5.95 Å². The number of aromatic nitrogens is 5. The number of nitrogens with one attached hydrogen (secondary N) is 1. The van der Waals surface area contributed by atoms with Gasteiger partial charge < -0.3 is 21.1 Å². The maximum atomic E-state index is 13.3. The fourth-order valence-corrected chi connectivity index (χ4v) is 5.01. The second-order valence-electron chi connectivity index (χ2n) is 8.52. The van der Waals surface area contributed by atoms with Crippen molar-refractivity contribution in [1.29, 1.82) is 0 Å². The molecule has 2 saturated heterocycles. The minimum atomic E-state index is -0.204. The van der Waals surface area contributed by atoms with E-state index in [0.29, 0.717) is 34.8 Å². The first-order valence-electron chi connectivity index (χ1n) is 10.3. The zero-order valence-corrected chi connectivity index (χ0v) is 18.2. The molecule has 0 saturated carbocycles. The SMILES string of the molecule is C[C@@H]1OCC2(CCN(c3nc4n[nH]c(-c5ccnc(N)c5Cl)c4c(=O)n3C)CC2)[C@@H]1N. The second-order valence-corrected chi connectivity index (χ2v) is 8.90. The molecule has 31 heavy (non-hydrogen) atoms. The molecule has 2 fully saturated rings. The first-order valence-corrected chi connectivity index (χ1v) is 10.7. The molecule has 5 heterocycles. The highest BCUT2D eigenvalue weighted by Crippen LogP contribution is 2.41. The number of fused-ring (bicyclic) bond motifs is 1. The van der Waals surface area contributed by atoms with E-state index in [1.807, 2.05) is 6.92 Å². The fourth-order valence-electron chi connectivity index (χ4n) is 4.80. The van der Waals surface area contributed by atoms with Crippen LogP contribution >= 0.6 is 11.6 Å². The predicted octanol–water partition coefficient (Wildman–Crippen LogP) is 1.29. The Hall–Kier alpha value is -2.69.